The van der Waals surface area contributed by atoms with Crippen LogP contribution in [0.1, 0.15) is 26.2 Å². The molecule has 0 aromatic carbocycles. The molecular formula is C5H10ORb3+. The van der Waals surface area contributed by atoms with E-state index in [4.69, 9.17) is 0 Å². The van der Waals surface area contributed by atoms with E-state index in [0.29, 0.717) is 0 Å². The van der Waals surface area contributed by atoms with Gasteiger partial charge in [-0.1, -0.05) is 19.8 Å². The largest absolute Gasteiger partial charge is 1.03 e. The van der Waals surface area contributed by atoms with Crippen molar-refractivity contribution in [3.8, 4) is 0 Å². The molecule has 0 radical (unpaired) electrons. The van der Waals surface area contributed by atoms with E-state index in [1.807, 2.05) is 0 Å². The van der Waals surface area contributed by atoms with Crippen LogP contribution in [0.15, 0.2) is 0 Å². The Labute approximate surface area is 205 Å². The fourth-order valence-corrected chi connectivity index (χ4v) is 0.287. The standard InChI is InChI=1S/C5H10O.3Rb/c1-2-3-4-5-6;;;/h5H,2-4H2,1H3;;;/q-2;3*+1. The maximum Gasteiger partial charge on any atom is 1.00 e. The van der Waals surface area contributed by atoms with Crippen LogP contribution >= 0.6 is 0 Å². The molecule has 0 heterocycles. The minimum atomic E-state index is 0. The topological polar surface area (TPSA) is 23.1 Å². The van der Waals surface area contributed by atoms with Crippen LogP contribution in [0.5, 0.6) is 0 Å². The Balaban J connectivity index is -0.0000000417. The Morgan fingerprint density at radius 3 is 1.78 bits per heavy atom. The van der Waals surface area contributed by atoms with Gasteiger partial charge < -0.3 is 11.7 Å². The van der Waals surface area contributed by atoms with Gasteiger partial charge in [-0.25, -0.2) is 6.42 Å². The van der Waals surface area contributed by atoms with Gasteiger partial charge in [0.1, 0.15) is 0 Å². The summed E-state index contributed by atoms with van der Waals surface area (Å²) in [5.74, 6) is 0. The molecule has 38 valence electrons. The van der Waals surface area contributed by atoms with Crippen molar-refractivity contribution in [3.63, 3.8) is 0 Å². The predicted molar refractivity (Wildman–Crippen MR) is 23.8 cm³/mol. The van der Waals surface area contributed by atoms with Crippen LogP contribution in [0.25, 0.3) is 0 Å². The zero-order valence-corrected chi connectivity index (χ0v) is 21.9. The third-order valence-electron chi connectivity index (χ3n) is 0.676. The molecule has 0 aromatic heterocycles. The van der Waals surface area contributed by atoms with Crippen LogP contribution < -0.4 is 180 Å². The van der Waals surface area contributed by atoms with Crippen molar-refractivity contribution in [3.05, 3.63) is 6.61 Å². The van der Waals surface area contributed by atoms with E-state index >= 15 is 0 Å². The maximum atomic E-state index is 9.56. The molecular weight excluding hydrogens is 332 g/mol. The predicted octanol–water partition coefficient (Wildman–Crippen LogP) is -8.29. The zero-order chi connectivity index (χ0) is 4.83. The Hall–Kier alpha value is 5.38. The van der Waals surface area contributed by atoms with Crippen molar-refractivity contribution in [2.75, 3.05) is 0 Å². The summed E-state index contributed by atoms with van der Waals surface area (Å²) in [6, 6.07) is 0. The summed E-state index contributed by atoms with van der Waals surface area (Å²) in [5.41, 5.74) is 0. The summed E-state index contributed by atoms with van der Waals surface area (Å²) in [6.07, 6.45) is 2.90. The van der Waals surface area contributed by atoms with Gasteiger partial charge in [0.25, 0.3) is 0 Å². The molecule has 0 aromatic rings. The van der Waals surface area contributed by atoms with Crippen LogP contribution in [0.2, 0.25) is 0 Å². The molecule has 9 heavy (non-hydrogen) atoms. The van der Waals surface area contributed by atoms with Gasteiger partial charge in [-0.2, -0.15) is 0 Å². The smallest absolute Gasteiger partial charge is 1.00 e. The Kier molecular flexibility index (Phi) is 61.9. The first-order valence-corrected chi connectivity index (χ1v) is 2.35. The first kappa shape index (κ1) is 23.9. The first-order valence-electron chi connectivity index (χ1n) is 2.35. The van der Waals surface area contributed by atoms with E-state index in [2.05, 4.69) is 6.92 Å². The summed E-state index contributed by atoms with van der Waals surface area (Å²) in [4.78, 5) is 0. The van der Waals surface area contributed by atoms with Gasteiger partial charge in [0.15, 0.2) is 0 Å². The number of hydrogen-bond acceptors (Lipinski definition) is 1. The summed E-state index contributed by atoms with van der Waals surface area (Å²) in [7, 11) is 0. The maximum absolute atomic E-state index is 9.56. The molecule has 4 heteroatoms. The molecule has 0 fully saturated rings. The quantitative estimate of drug-likeness (QED) is 0.369. The summed E-state index contributed by atoms with van der Waals surface area (Å²) in [5, 5.41) is 9.56. The molecule has 0 saturated heterocycles. The second-order valence-electron chi connectivity index (χ2n) is 1.31. The van der Waals surface area contributed by atoms with Gasteiger partial charge in [0, 0.05) is 0 Å². The van der Waals surface area contributed by atoms with Gasteiger partial charge in [-0.15, -0.1) is 0 Å². The van der Waals surface area contributed by atoms with Crippen molar-refractivity contribution in [2.24, 2.45) is 0 Å². The van der Waals surface area contributed by atoms with Crippen molar-refractivity contribution in [1.29, 1.82) is 0 Å². The summed E-state index contributed by atoms with van der Waals surface area (Å²) >= 11 is 0. The van der Waals surface area contributed by atoms with Crippen LogP contribution in [0.3, 0.4) is 0 Å². The minimum Gasteiger partial charge on any atom is -1.03 e. The molecule has 0 aliphatic rings. The number of unbranched alkanes of at least 4 members (excludes halogenated alkanes) is 2. The molecule has 0 aliphatic carbocycles. The van der Waals surface area contributed by atoms with Crippen LogP contribution in [-0.4, -0.2) is 0 Å². The SMILES string of the molecule is CCCC[CH-][O-].[Rb+].[Rb+].[Rb+]. The average molecular weight is 343 g/mol. The van der Waals surface area contributed by atoms with Crippen molar-refractivity contribution < 1.29 is 180 Å². The fraction of sp³-hybridized carbons (Fsp3) is 0.800. The van der Waals surface area contributed by atoms with E-state index in [1.165, 1.54) is 0 Å². The molecule has 0 atom stereocenters. The van der Waals surface area contributed by atoms with E-state index in [0.717, 1.165) is 25.9 Å². The number of rotatable bonds is 3. The monoisotopic (exact) mass is 341 g/mol. The van der Waals surface area contributed by atoms with Gasteiger partial charge in [-0.3, -0.25) is 0 Å². The molecule has 0 amide bonds. The molecule has 0 rings (SSSR count). The first-order chi connectivity index (χ1) is 2.91. The van der Waals surface area contributed by atoms with Crippen LogP contribution in [0, 0.1) is 6.61 Å². The third-order valence-corrected chi connectivity index (χ3v) is 0.676. The van der Waals surface area contributed by atoms with Crippen molar-refractivity contribution >= 4 is 0 Å². The molecule has 0 spiro atoms. The van der Waals surface area contributed by atoms with E-state index < -0.39 is 0 Å². The molecule has 0 bridgehead atoms. The normalized spacial score (nSPS) is 6.00. The van der Waals surface area contributed by atoms with E-state index in [1.54, 1.807) is 0 Å². The summed E-state index contributed by atoms with van der Waals surface area (Å²) < 4.78 is 0. The second kappa shape index (κ2) is 23.3. The second-order valence-corrected chi connectivity index (χ2v) is 1.31. The minimum absolute atomic E-state index is 0. The molecule has 1 nitrogen and oxygen atoms in total. The average Bonchev–Trinajstić information content (AvgIpc) is 1.61. The van der Waals surface area contributed by atoms with Crippen molar-refractivity contribution in [2.45, 2.75) is 26.2 Å². The molecule has 0 saturated carbocycles. The Morgan fingerprint density at radius 1 is 1.22 bits per heavy atom. The molecule has 0 N–H and O–H groups in total. The zero-order valence-electron chi connectivity index (χ0n) is 7.11. The van der Waals surface area contributed by atoms with E-state index in [9.17, 15) is 5.11 Å². The Morgan fingerprint density at radius 2 is 1.67 bits per heavy atom. The van der Waals surface area contributed by atoms with Crippen molar-refractivity contribution in [1.82, 2.24) is 0 Å². The van der Waals surface area contributed by atoms with Gasteiger partial charge in [0.05, 0.1) is 0 Å². The molecule has 0 aliphatic heterocycles. The Bertz CT molecular complexity index is 24.2. The van der Waals surface area contributed by atoms with E-state index in [-0.39, 0.29) is 175 Å². The molecule has 0 unspecified atom stereocenters. The van der Waals surface area contributed by atoms with Crippen LogP contribution in [-0.2, 0) is 0 Å². The third kappa shape index (κ3) is 24.7. The fourth-order valence-electron chi connectivity index (χ4n) is 0.287. The van der Waals surface area contributed by atoms with Gasteiger partial charge in [-0.05, 0) is 0 Å². The summed E-state index contributed by atoms with van der Waals surface area (Å²) in [6.45, 7) is 3.03. The van der Waals surface area contributed by atoms with Gasteiger partial charge in [0.2, 0.25) is 0 Å². The van der Waals surface area contributed by atoms with Gasteiger partial charge >= 0.3 is 175 Å². The van der Waals surface area contributed by atoms with Crippen LogP contribution in [0.4, 0.5) is 0 Å². The number of hydrogen-bond donors (Lipinski definition) is 0.